The van der Waals surface area contributed by atoms with Gasteiger partial charge in [-0.05, 0) is 62.1 Å². The molecule has 1 amide bonds. The number of nitrogens with two attached hydrogens (primary N) is 1. The van der Waals surface area contributed by atoms with Gasteiger partial charge in [0.05, 0.1) is 11.7 Å². The van der Waals surface area contributed by atoms with Gasteiger partial charge in [0.1, 0.15) is 5.75 Å². The van der Waals surface area contributed by atoms with Crippen LogP contribution in [-0.4, -0.2) is 12.0 Å². The zero-order valence-corrected chi connectivity index (χ0v) is 12.4. The first-order chi connectivity index (χ1) is 10.7. The normalized spacial score (nSPS) is 14.7. The van der Waals surface area contributed by atoms with Gasteiger partial charge in [0, 0.05) is 11.4 Å². The summed E-state index contributed by atoms with van der Waals surface area (Å²) in [5.41, 5.74) is 7.49. The van der Waals surface area contributed by atoms with Crippen LogP contribution in [0.3, 0.4) is 0 Å². The number of anilines is 2. The quantitative estimate of drug-likeness (QED) is 0.842. The summed E-state index contributed by atoms with van der Waals surface area (Å²) in [7, 11) is 0. The van der Waals surface area contributed by atoms with Crippen molar-refractivity contribution in [2.45, 2.75) is 31.8 Å². The van der Waals surface area contributed by atoms with Crippen molar-refractivity contribution in [1.82, 2.24) is 0 Å². The summed E-state index contributed by atoms with van der Waals surface area (Å²) in [6.45, 7) is 0. The van der Waals surface area contributed by atoms with Crippen molar-refractivity contribution in [3.8, 4) is 5.75 Å². The van der Waals surface area contributed by atoms with Gasteiger partial charge < -0.3 is 15.8 Å². The van der Waals surface area contributed by atoms with E-state index in [4.69, 9.17) is 10.5 Å². The number of carbonyl (C=O) groups excluding carboxylic acids is 1. The summed E-state index contributed by atoms with van der Waals surface area (Å²) in [4.78, 5) is 12.2. The maximum atomic E-state index is 12.2. The predicted molar refractivity (Wildman–Crippen MR) is 88.1 cm³/mol. The van der Waals surface area contributed by atoms with Crippen molar-refractivity contribution < 1.29 is 9.53 Å². The van der Waals surface area contributed by atoms with Crippen molar-refractivity contribution >= 4 is 17.3 Å². The first kappa shape index (κ1) is 14.4. The number of ether oxygens (including phenoxy) is 1. The third kappa shape index (κ3) is 3.39. The predicted octanol–water partition coefficient (Wildman–Crippen LogP) is 3.84. The summed E-state index contributed by atoms with van der Waals surface area (Å²) in [5, 5.41) is 2.85. The van der Waals surface area contributed by atoms with Gasteiger partial charge in [-0.2, -0.15) is 0 Å². The number of hydrogen-bond acceptors (Lipinski definition) is 3. The highest BCUT2D eigenvalue weighted by Gasteiger charge is 2.16. The van der Waals surface area contributed by atoms with Crippen LogP contribution in [0.2, 0.25) is 0 Å². The number of benzene rings is 2. The van der Waals surface area contributed by atoms with Crippen molar-refractivity contribution in [2.75, 3.05) is 11.1 Å². The molecule has 2 aromatic carbocycles. The zero-order valence-electron chi connectivity index (χ0n) is 12.4. The molecule has 0 saturated heterocycles. The van der Waals surface area contributed by atoms with E-state index >= 15 is 0 Å². The monoisotopic (exact) mass is 296 g/mol. The third-order valence-electron chi connectivity index (χ3n) is 3.92. The molecule has 0 spiro atoms. The van der Waals surface area contributed by atoms with E-state index < -0.39 is 0 Å². The molecule has 1 fully saturated rings. The number of hydrogen-bond donors (Lipinski definition) is 2. The summed E-state index contributed by atoms with van der Waals surface area (Å²) in [5.74, 6) is 0.645. The zero-order chi connectivity index (χ0) is 15.4. The first-order valence-corrected chi connectivity index (χ1v) is 7.65. The van der Waals surface area contributed by atoms with Gasteiger partial charge >= 0.3 is 0 Å². The Morgan fingerprint density at radius 2 is 1.73 bits per heavy atom. The Morgan fingerprint density at radius 3 is 2.41 bits per heavy atom. The fourth-order valence-corrected chi connectivity index (χ4v) is 2.72. The number of rotatable bonds is 4. The molecule has 0 atom stereocenters. The average molecular weight is 296 g/mol. The van der Waals surface area contributed by atoms with Crippen LogP contribution in [0.25, 0.3) is 0 Å². The van der Waals surface area contributed by atoms with Gasteiger partial charge in [0.15, 0.2) is 0 Å². The third-order valence-corrected chi connectivity index (χ3v) is 3.92. The first-order valence-electron chi connectivity index (χ1n) is 7.65. The Kier molecular flexibility index (Phi) is 4.28. The minimum absolute atomic E-state index is 0.206. The molecule has 0 unspecified atom stereocenters. The van der Waals surface area contributed by atoms with Crippen molar-refractivity contribution in [3.05, 3.63) is 54.1 Å². The number of nitrogen functional groups attached to an aromatic ring is 1. The van der Waals surface area contributed by atoms with Crippen LogP contribution >= 0.6 is 0 Å². The molecule has 1 saturated carbocycles. The van der Waals surface area contributed by atoms with Gasteiger partial charge in [0.2, 0.25) is 0 Å². The van der Waals surface area contributed by atoms with Gasteiger partial charge in [0.25, 0.3) is 5.91 Å². The van der Waals surface area contributed by atoms with E-state index in [0.717, 1.165) is 24.3 Å². The molecule has 0 bridgehead atoms. The summed E-state index contributed by atoms with van der Waals surface area (Å²) < 4.78 is 5.91. The minimum Gasteiger partial charge on any atom is -0.490 e. The Bertz CT molecular complexity index is 646. The summed E-state index contributed by atoms with van der Waals surface area (Å²) >= 11 is 0. The topological polar surface area (TPSA) is 64.4 Å². The number of carbonyl (C=O) groups is 1. The fraction of sp³-hybridized carbons (Fsp3) is 0.278. The second kappa shape index (κ2) is 6.52. The molecule has 3 N–H and O–H groups in total. The van der Waals surface area contributed by atoms with E-state index in [1.165, 1.54) is 12.8 Å². The van der Waals surface area contributed by atoms with E-state index in [0.29, 0.717) is 17.4 Å². The van der Waals surface area contributed by atoms with Crippen LogP contribution in [0.15, 0.2) is 48.5 Å². The molecule has 22 heavy (non-hydrogen) atoms. The molecule has 0 radical (unpaired) electrons. The summed E-state index contributed by atoms with van der Waals surface area (Å²) in [6.07, 6.45) is 5.09. The van der Waals surface area contributed by atoms with Crippen molar-refractivity contribution in [3.63, 3.8) is 0 Å². The van der Waals surface area contributed by atoms with E-state index in [2.05, 4.69) is 5.32 Å². The lowest BCUT2D eigenvalue weighted by Gasteiger charge is -2.13. The molecule has 1 aliphatic rings. The molecular formula is C18H20N2O2. The Labute approximate surface area is 130 Å². The SMILES string of the molecule is Nc1ccccc1C(=O)Nc1ccc(OC2CCCC2)cc1. The smallest absolute Gasteiger partial charge is 0.257 e. The van der Waals surface area contributed by atoms with E-state index in [1.807, 2.05) is 24.3 Å². The highest BCUT2D eigenvalue weighted by atomic mass is 16.5. The van der Waals surface area contributed by atoms with E-state index in [1.54, 1.807) is 24.3 Å². The molecule has 0 aromatic heterocycles. The second-order valence-electron chi connectivity index (χ2n) is 5.59. The Hall–Kier alpha value is -2.49. The van der Waals surface area contributed by atoms with Crippen LogP contribution in [0, 0.1) is 0 Å². The lowest BCUT2D eigenvalue weighted by atomic mass is 10.1. The molecule has 3 rings (SSSR count). The fourth-order valence-electron chi connectivity index (χ4n) is 2.72. The Morgan fingerprint density at radius 1 is 1.05 bits per heavy atom. The lowest BCUT2D eigenvalue weighted by Crippen LogP contribution is -2.14. The number of para-hydroxylation sites is 1. The maximum Gasteiger partial charge on any atom is 0.257 e. The minimum atomic E-state index is -0.206. The second-order valence-corrected chi connectivity index (χ2v) is 5.59. The van der Waals surface area contributed by atoms with Crippen LogP contribution in [0.1, 0.15) is 36.0 Å². The number of amides is 1. The van der Waals surface area contributed by atoms with Crippen LogP contribution in [0.5, 0.6) is 5.75 Å². The molecule has 0 heterocycles. The van der Waals surface area contributed by atoms with Gasteiger partial charge in [-0.1, -0.05) is 12.1 Å². The molecule has 114 valence electrons. The van der Waals surface area contributed by atoms with Crippen molar-refractivity contribution in [2.24, 2.45) is 0 Å². The molecule has 2 aromatic rings. The highest BCUT2D eigenvalue weighted by Crippen LogP contribution is 2.25. The summed E-state index contributed by atoms with van der Waals surface area (Å²) in [6, 6.07) is 14.5. The molecule has 4 nitrogen and oxygen atoms in total. The standard InChI is InChI=1S/C18H20N2O2/c19-17-8-4-3-7-16(17)18(21)20-13-9-11-15(12-10-13)22-14-5-1-2-6-14/h3-4,7-12,14H,1-2,5-6,19H2,(H,20,21). The largest absolute Gasteiger partial charge is 0.490 e. The molecule has 4 heteroatoms. The van der Waals surface area contributed by atoms with E-state index in [9.17, 15) is 4.79 Å². The molecule has 0 aliphatic heterocycles. The Balaban J connectivity index is 1.63. The lowest BCUT2D eigenvalue weighted by molar-refractivity contribution is 0.102. The van der Waals surface area contributed by atoms with Gasteiger partial charge in [-0.15, -0.1) is 0 Å². The van der Waals surface area contributed by atoms with Gasteiger partial charge in [-0.25, -0.2) is 0 Å². The highest BCUT2D eigenvalue weighted by molar-refractivity contribution is 6.07. The van der Waals surface area contributed by atoms with E-state index in [-0.39, 0.29) is 5.91 Å². The van der Waals surface area contributed by atoms with Gasteiger partial charge in [-0.3, -0.25) is 4.79 Å². The van der Waals surface area contributed by atoms with Crippen LogP contribution < -0.4 is 15.8 Å². The average Bonchev–Trinajstić information content (AvgIpc) is 3.02. The van der Waals surface area contributed by atoms with Crippen LogP contribution in [0.4, 0.5) is 11.4 Å². The maximum absolute atomic E-state index is 12.2. The number of nitrogens with one attached hydrogen (secondary N) is 1. The molecular weight excluding hydrogens is 276 g/mol. The van der Waals surface area contributed by atoms with Crippen LogP contribution in [-0.2, 0) is 0 Å². The molecule has 1 aliphatic carbocycles. The van der Waals surface area contributed by atoms with Crippen molar-refractivity contribution in [1.29, 1.82) is 0 Å².